The minimum Gasteiger partial charge on any atom is -0.353 e. The van der Waals surface area contributed by atoms with E-state index in [-0.39, 0.29) is 0 Å². The van der Waals surface area contributed by atoms with Crippen molar-refractivity contribution in [1.82, 2.24) is 20.4 Å². The second-order valence-corrected chi connectivity index (χ2v) is 5.73. The SMILES string of the molecule is CCCC1CC1NC(=NC)NCc1c(C)nn(C)c1C. The van der Waals surface area contributed by atoms with Crippen LogP contribution >= 0.6 is 0 Å². The van der Waals surface area contributed by atoms with Crippen LogP contribution in [-0.4, -0.2) is 28.8 Å². The Bertz CT molecular complexity index is 489. The summed E-state index contributed by atoms with van der Waals surface area (Å²) in [5, 5.41) is 11.3. The van der Waals surface area contributed by atoms with Gasteiger partial charge in [-0.1, -0.05) is 13.3 Å². The van der Waals surface area contributed by atoms with Gasteiger partial charge >= 0.3 is 0 Å². The third-order valence-electron chi connectivity index (χ3n) is 4.22. The summed E-state index contributed by atoms with van der Waals surface area (Å²) in [6, 6.07) is 0.609. The van der Waals surface area contributed by atoms with Crippen molar-refractivity contribution in [1.29, 1.82) is 0 Å². The maximum absolute atomic E-state index is 4.44. The molecule has 112 valence electrons. The lowest BCUT2D eigenvalue weighted by Crippen LogP contribution is -2.38. The largest absolute Gasteiger partial charge is 0.353 e. The molecule has 0 amide bonds. The molecule has 5 nitrogen and oxygen atoms in total. The summed E-state index contributed by atoms with van der Waals surface area (Å²) in [6.45, 7) is 7.18. The van der Waals surface area contributed by atoms with E-state index in [1.807, 2.05) is 18.8 Å². The molecule has 1 saturated carbocycles. The second-order valence-electron chi connectivity index (χ2n) is 5.73. The number of hydrogen-bond acceptors (Lipinski definition) is 2. The van der Waals surface area contributed by atoms with Gasteiger partial charge in [-0.2, -0.15) is 5.10 Å². The van der Waals surface area contributed by atoms with Gasteiger partial charge in [-0.15, -0.1) is 0 Å². The van der Waals surface area contributed by atoms with E-state index < -0.39 is 0 Å². The molecule has 2 rings (SSSR count). The molecule has 0 bridgehead atoms. The summed E-state index contributed by atoms with van der Waals surface area (Å²) < 4.78 is 1.93. The first-order chi connectivity index (χ1) is 9.56. The first-order valence-corrected chi connectivity index (χ1v) is 7.53. The molecule has 2 atom stereocenters. The highest BCUT2D eigenvalue weighted by Crippen LogP contribution is 2.34. The summed E-state index contributed by atoms with van der Waals surface area (Å²) >= 11 is 0. The minimum absolute atomic E-state index is 0.609. The van der Waals surface area contributed by atoms with Crippen LogP contribution in [-0.2, 0) is 13.6 Å². The highest BCUT2D eigenvalue weighted by molar-refractivity contribution is 5.80. The van der Waals surface area contributed by atoms with Gasteiger partial charge in [0, 0.05) is 37.9 Å². The number of aliphatic imine (C=N–C) groups is 1. The molecule has 1 aliphatic rings. The van der Waals surface area contributed by atoms with Crippen LogP contribution in [0.4, 0.5) is 0 Å². The molecule has 0 spiro atoms. The molecule has 0 aromatic carbocycles. The zero-order valence-electron chi connectivity index (χ0n) is 13.3. The Labute approximate surface area is 121 Å². The predicted molar refractivity (Wildman–Crippen MR) is 82.8 cm³/mol. The summed E-state index contributed by atoms with van der Waals surface area (Å²) in [4.78, 5) is 4.31. The molecular formula is C15H27N5. The molecule has 1 aromatic rings. The van der Waals surface area contributed by atoms with Crippen molar-refractivity contribution in [2.75, 3.05) is 7.05 Å². The van der Waals surface area contributed by atoms with Crippen molar-refractivity contribution in [3.05, 3.63) is 17.0 Å². The molecule has 2 unspecified atom stereocenters. The molecule has 1 heterocycles. The Balaban J connectivity index is 1.86. The first kappa shape index (κ1) is 14.9. The van der Waals surface area contributed by atoms with Crippen LogP contribution in [0, 0.1) is 19.8 Å². The Hall–Kier alpha value is -1.52. The average molecular weight is 277 g/mol. The summed E-state index contributed by atoms with van der Waals surface area (Å²) in [7, 11) is 3.81. The highest BCUT2D eigenvalue weighted by atomic mass is 15.3. The van der Waals surface area contributed by atoms with E-state index in [0.717, 1.165) is 24.1 Å². The van der Waals surface area contributed by atoms with E-state index in [4.69, 9.17) is 0 Å². The molecule has 0 saturated heterocycles. The van der Waals surface area contributed by atoms with Crippen LogP contribution in [0.15, 0.2) is 4.99 Å². The lowest BCUT2D eigenvalue weighted by molar-refractivity contribution is 0.655. The van der Waals surface area contributed by atoms with Crippen LogP contribution in [0.3, 0.4) is 0 Å². The summed E-state index contributed by atoms with van der Waals surface area (Å²) in [5.41, 5.74) is 3.56. The van der Waals surface area contributed by atoms with E-state index >= 15 is 0 Å². The second kappa shape index (κ2) is 6.29. The zero-order valence-corrected chi connectivity index (χ0v) is 13.3. The van der Waals surface area contributed by atoms with Crippen molar-refractivity contribution in [2.45, 2.75) is 52.6 Å². The summed E-state index contributed by atoms with van der Waals surface area (Å²) in [6.07, 6.45) is 3.86. The third-order valence-corrected chi connectivity index (χ3v) is 4.22. The fourth-order valence-electron chi connectivity index (χ4n) is 2.73. The standard InChI is InChI=1S/C15H27N5/c1-6-7-12-8-14(12)18-15(16-4)17-9-13-10(2)19-20(5)11(13)3/h12,14H,6-9H2,1-5H3,(H2,16,17,18). The Morgan fingerprint density at radius 2 is 2.20 bits per heavy atom. The molecule has 5 heteroatoms. The number of nitrogens with one attached hydrogen (secondary N) is 2. The highest BCUT2D eigenvalue weighted by Gasteiger charge is 2.36. The van der Waals surface area contributed by atoms with Crippen molar-refractivity contribution in [3.8, 4) is 0 Å². The van der Waals surface area contributed by atoms with Gasteiger partial charge in [0.15, 0.2) is 5.96 Å². The maximum Gasteiger partial charge on any atom is 0.191 e. The van der Waals surface area contributed by atoms with E-state index in [0.29, 0.717) is 6.04 Å². The predicted octanol–water partition coefficient (Wildman–Crippen LogP) is 1.89. The lowest BCUT2D eigenvalue weighted by atomic mass is 10.2. The van der Waals surface area contributed by atoms with Crippen LogP contribution < -0.4 is 10.6 Å². The molecule has 1 aromatic heterocycles. The van der Waals surface area contributed by atoms with E-state index in [2.05, 4.69) is 41.5 Å². The van der Waals surface area contributed by atoms with Gasteiger partial charge in [0.2, 0.25) is 0 Å². The Morgan fingerprint density at radius 3 is 2.75 bits per heavy atom. The number of nitrogens with zero attached hydrogens (tertiary/aromatic N) is 3. The van der Waals surface area contributed by atoms with Crippen molar-refractivity contribution < 1.29 is 0 Å². The van der Waals surface area contributed by atoms with Gasteiger partial charge in [-0.3, -0.25) is 9.67 Å². The fourth-order valence-corrected chi connectivity index (χ4v) is 2.73. The molecule has 2 N–H and O–H groups in total. The zero-order chi connectivity index (χ0) is 14.7. The number of aryl methyl sites for hydroxylation is 2. The van der Waals surface area contributed by atoms with Gasteiger partial charge in [-0.05, 0) is 32.6 Å². The quantitative estimate of drug-likeness (QED) is 0.638. The first-order valence-electron chi connectivity index (χ1n) is 7.53. The monoisotopic (exact) mass is 277 g/mol. The Kier molecular flexibility index (Phi) is 4.68. The van der Waals surface area contributed by atoms with E-state index in [9.17, 15) is 0 Å². The Morgan fingerprint density at radius 1 is 1.45 bits per heavy atom. The van der Waals surface area contributed by atoms with Gasteiger partial charge in [-0.25, -0.2) is 0 Å². The summed E-state index contributed by atoms with van der Waals surface area (Å²) in [5.74, 6) is 1.73. The van der Waals surface area contributed by atoms with Crippen LogP contribution in [0.25, 0.3) is 0 Å². The van der Waals surface area contributed by atoms with Gasteiger partial charge in [0.05, 0.1) is 5.69 Å². The van der Waals surface area contributed by atoms with Gasteiger partial charge < -0.3 is 10.6 Å². The van der Waals surface area contributed by atoms with Crippen LogP contribution in [0.1, 0.15) is 43.1 Å². The molecule has 1 aliphatic carbocycles. The molecule has 0 aliphatic heterocycles. The minimum atomic E-state index is 0.609. The normalized spacial score (nSPS) is 21.9. The van der Waals surface area contributed by atoms with Crippen molar-refractivity contribution in [2.24, 2.45) is 18.0 Å². The average Bonchev–Trinajstić information content (AvgIpc) is 3.09. The van der Waals surface area contributed by atoms with Gasteiger partial charge in [0.25, 0.3) is 0 Å². The fraction of sp³-hybridized carbons (Fsp3) is 0.733. The van der Waals surface area contributed by atoms with E-state index in [1.54, 1.807) is 0 Å². The number of aromatic nitrogens is 2. The molecular weight excluding hydrogens is 250 g/mol. The van der Waals surface area contributed by atoms with Crippen molar-refractivity contribution >= 4 is 5.96 Å². The van der Waals surface area contributed by atoms with Crippen LogP contribution in [0.2, 0.25) is 0 Å². The lowest BCUT2D eigenvalue weighted by Gasteiger charge is -2.12. The smallest absolute Gasteiger partial charge is 0.191 e. The topological polar surface area (TPSA) is 54.2 Å². The number of hydrogen-bond donors (Lipinski definition) is 2. The van der Waals surface area contributed by atoms with E-state index in [1.165, 1.54) is 30.5 Å². The third kappa shape index (κ3) is 3.32. The van der Waals surface area contributed by atoms with Gasteiger partial charge in [0.1, 0.15) is 0 Å². The van der Waals surface area contributed by atoms with Crippen molar-refractivity contribution in [3.63, 3.8) is 0 Å². The molecule has 0 radical (unpaired) electrons. The molecule has 20 heavy (non-hydrogen) atoms. The number of guanidine groups is 1. The van der Waals surface area contributed by atoms with Crippen LogP contribution in [0.5, 0.6) is 0 Å². The molecule has 1 fully saturated rings. The number of rotatable bonds is 5. The maximum atomic E-state index is 4.44.